The first-order chi connectivity index (χ1) is 13.8. The van der Waals surface area contributed by atoms with E-state index in [0.29, 0.717) is 18.1 Å². The van der Waals surface area contributed by atoms with E-state index in [1.165, 1.54) is 5.56 Å². The van der Waals surface area contributed by atoms with E-state index in [4.69, 9.17) is 0 Å². The standard InChI is InChI=1S/C25H20N2O.CH4/c28-25(13-17-3-4-22-16-27-11-9-20(22)12-17)24-14-23(24)19-7-5-18(6-8-19)21-2-1-10-26-15-21;/h1-12,15-16,23-24H,13-14H2;1H4/t23-,24+;/m0./s1. The summed E-state index contributed by atoms with van der Waals surface area (Å²) in [6, 6.07) is 20.8. The molecule has 1 aliphatic rings. The monoisotopic (exact) mass is 380 g/mol. The largest absolute Gasteiger partial charge is 0.299 e. The van der Waals surface area contributed by atoms with E-state index >= 15 is 0 Å². The Balaban J connectivity index is 0.00000205. The summed E-state index contributed by atoms with van der Waals surface area (Å²) in [5.74, 6) is 0.854. The first-order valence-electron chi connectivity index (χ1n) is 9.64. The van der Waals surface area contributed by atoms with Crippen molar-refractivity contribution in [1.29, 1.82) is 0 Å². The third-order valence-electron chi connectivity index (χ3n) is 5.62. The van der Waals surface area contributed by atoms with Crippen molar-refractivity contribution in [3.8, 4) is 11.1 Å². The van der Waals surface area contributed by atoms with Gasteiger partial charge in [-0.15, -0.1) is 0 Å². The number of fused-ring (bicyclic) bond motifs is 1. The zero-order valence-corrected chi connectivity index (χ0v) is 15.5. The molecule has 0 N–H and O–H groups in total. The number of rotatable bonds is 5. The zero-order valence-electron chi connectivity index (χ0n) is 15.5. The Kier molecular flexibility index (Phi) is 5.22. The van der Waals surface area contributed by atoms with E-state index in [-0.39, 0.29) is 13.3 Å². The van der Waals surface area contributed by atoms with Gasteiger partial charge < -0.3 is 0 Å². The lowest BCUT2D eigenvalue weighted by molar-refractivity contribution is -0.119. The van der Waals surface area contributed by atoms with E-state index in [0.717, 1.165) is 33.9 Å². The summed E-state index contributed by atoms with van der Waals surface area (Å²) >= 11 is 0. The minimum absolute atomic E-state index is 0. The van der Waals surface area contributed by atoms with Crippen molar-refractivity contribution in [3.63, 3.8) is 0 Å². The molecule has 2 atom stereocenters. The predicted molar refractivity (Wildman–Crippen MR) is 118 cm³/mol. The van der Waals surface area contributed by atoms with Gasteiger partial charge in [0.25, 0.3) is 0 Å². The van der Waals surface area contributed by atoms with Crippen LogP contribution in [0.3, 0.4) is 0 Å². The molecular weight excluding hydrogens is 356 g/mol. The highest BCUT2D eigenvalue weighted by Crippen LogP contribution is 2.48. The highest BCUT2D eigenvalue weighted by molar-refractivity contribution is 5.89. The van der Waals surface area contributed by atoms with Gasteiger partial charge in [-0.05, 0) is 52.1 Å². The number of benzene rings is 2. The number of hydrogen-bond acceptors (Lipinski definition) is 3. The zero-order chi connectivity index (χ0) is 18.9. The molecule has 29 heavy (non-hydrogen) atoms. The molecule has 3 nitrogen and oxygen atoms in total. The maximum absolute atomic E-state index is 12.8. The van der Waals surface area contributed by atoms with Gasteiger partial charge in [-0.2, -0.15) is 0 Å². The van der Waals surface area contributed by atoms with Crippen LogP contribution in [0.5, 0.6) is 0 Å². The highest BCUT2D eigenvalue weighted by Gasteiger charge is 2.43. The lowest BCUT2D eigenvalue weighted by Crippen LogP contribution is -2.06. The predicted octanol–water partition coefficient (Wildman–Crippen LogP) is 5.85. The number of carbonyl (C=O) groups is 1. The number of hydrogen-bond donors (Lipinski definition) is 0. The van der Waals surface area contributed by atoms with E-state index in [1.807, 2.05) is 36.7 Å². The van der Waals surface area contributed by atoms with Crippen molar-refractivity contribution in [3.05, 3.63) is 96.6 Å². The maximum atomic E-state index is 12.8. The summed E-state index contributed by atoms with van der Waals surface area (Å²) in [7, 11) is 0. The Morgan fingerprint density at radius 2 is 1.69 bits per heavy atom. The quantitative estimate of drug-likeness (QED) is 0.436. The molecule has 0 spiro atoms. The smallest absolute Gasteiger partial charge is 0.140 e. The van der Waals surface area contributed by atoms with Crippen molar-refractivity contribution < 1.29 is 4.79 Å². The average molecular weight is 380 g/mol. The first kappa shape index (κ1) is 19.0. The van der Waals surface area contributed by atoms with Crippen molar-refractivity contribution in [2.24, 2.45) is 5.92 Å². The fourth-order valence-corrected chi connectivity index (χ4v) is 3.95. The second kappa shape index (κ2) is 7.96. The van der Waals surface area contributed by atoms with Gasteiger partial charge in [0.15, 0.2) is 0 Å². The summed E-state index contributed by atoms with van der Waals surface area (Å²) in [4.78, 5) is 21.1. The molecule has 0 aliphatic heterocycles. The van der Waals surface area contributed by atoms with Gasteiger partial charge in [0, 0.05) is 42.5 Å². The van der Waals surface area contributed by atoms with E-state index in [2.05, 4.69) is 46.4 Å². The molecule has 144 valence electrons. The molecular formula is C26H24N2O. The van der Waals surface area contributed by atoms with Crippen LogP contribution in [0.15, 0.2) is 85.5 Å². The number of ketones is 1. The number of pyridine rings is 2. The van der Waals surface area contributed by atoms with Gasteiger partial charge in [-0.3, -0.25) is 14.8 Å². The lowest BCUT2D eigenvalue weighted by Gasteiger charge is -2.05. The topological polar surface area (TPSA) is 42.9 Å². The molecule has 3 heteroatoms. The summed E-state index contributed by atoms with van der Waals surface area (Å²) in [5.41, 5.74) is 4.62. The molecule has 5 rings (SSSR count). The Bertz CT molecular complexity index is 1140. The van der Waals surface area contributed by atoms with Gasteiger partial charge in [-0.25, -0.2) is 0 Å². The van der Waals surface area contributed by atoms with Gasteiger partial charge in [0.05, 0.1) is 0 Å². The Labute approximate surface area is 171 Å². The SMILES string of the molecule is C.O=C(Cc1ccc2cnccc2c1)[C@@H]1C[C@H]1c1ccc(-c2cccnc2)cc1. The van der Waals surface area contributed by atoms with Crippen LogP contribution >= 0.6 is 0 Å². The molecule has 4 aromatic rings. The van der Waals surface area contributed by atoms with Gasteiger partial charge in [0.1, 0.15) is 5.78 Å². The van der Waals surface area contributed by atoms with Crippen LogP contribution in [-0.4, -0.2) is 15.8 Å². The normalized spacial score (nSPS) is 17.5. The number of carbonyl (C=O) groups excluding carboxylic acids is 1. The van der Waals surface area contributed by atoms with Crippen LogP contribution in [0.1, 0.15) is 30.9 Å². The van der Waals surface area contributed by atoms with Crippen molar-refractivity contribution in [1.82, 2.24) is 9.97 Å². The number of nitrogens with zero attached hydrogens (tertiary/aromatic N) is 2. The Morgan fingerprint density at radius 3 is 2.48 bits per heavy atom. The molecule has 0 amide bonds. The molecule has 0 radical (unpaired) electrons. The third kappa shape index (κ3) is 3.95. The van der Waals surface area contributed by atoms with Crippen LogP contribution < -0.4 is 0 Å². The first-order valence-corrected chi connectivity index (χ1v) is 9.64. The van der Waals surface area contributed by atoms with Gasteiger partial charge in [0.2, 0.25) is 0 Å². The molecule has 2 heterocycles. The molecule has 0 unspecified atom stereocenters. The molecule has 1 aliphatic carbocycles. The van der Waals surface area contributed by atoms with E-state index < -0.39 is 0 Å². The average Bonchev–Trinajstić information content (AvgIpc) is 3.56. The maximum Gasteiger partial charge on any atom is 0.140 e. The van der Waals surface area contributed by atoms with E-state index in [1.54, 1.807) is 12.4 Å². The second-order valence-corrected chi connectivity index (χ2v) is 7.51. The lowest BCUT2D eigenvalue weighted by atomic mass is 9.99. The summed E-state index contributed by atoms with van der Waals surface area (Å²) in [6.07, 6.45) is 8.77. The fraction of sp³-hybridized carbons (Fsp3) is 0.192. The molecule has 1 saturated carbocycles. The number of Topliss-reactive ketones (excluding diaryl/α,β-unsaturated/α-hetero) is 1. The third-order valence-corrected chi connectivity index (χ3v) is 5.62. The Morgan fingerprint density at radius 1 is 0.862 bits per heavy atom. The van der Waals surface area contributed by atoms with Gasteiger partial charge >= 0.3 is 0 Å². The summed E-state index contributed by atoms with van der Waals surface area (Å²) in [5, 5.41) is 2.25. The minimum atomic E-state index is 0. The molecule has 0 bridgehead atoms. The minimum Gasteiger partial charge on any atom is -0.299 e. The van der Waals surface area contributed by atoms with Crippen LogP contribution in [0, 0.1) is 5.92 Å². The second-order valence-electron chi connectivity index (χ2n) is 7.51. The Hall–Kier alpha value is -3.33. The van der Waals surface area contributed by atoms with Crippen LogP contribution in [0.2, 0.25) is 0 Å². The fourth-order valence-electron chi connectivity index (χ4n) is 3.95. The van der Waals surface area contributed by atoms with Crippen LogP contribution in [-0.2, 0) is 11.2 Å². The van der Waals surface area contributed by atoms with Crippen LogP contribution in [0.4, 0.5) is 0 Å². The molecule has 2 aromatic heterocycles. The van der Waals surface area contributed by atoms with E-state index in [9.17, 15) is 4.79 Å². The van der Waals surface area contributed by atoms with Crippen molar-refractivity contribution >= 4 is 16.6 Å². The van der Waals surface area contributed by atoms with Crippen molar-refractivity contribution in [2.75, 3.05) is 0 Å². The van der Waals surface area contributed by atoms with Crippen LogP contribution in [0.25, 0.3) is 21.9 Å². The van der Waals surface area contributed by atoms with Crippen molar-refractivity contribution in [2.45, 2.75) is 26.2 Å². The number of aromatic nitrogens is 2. The molecule has 0 saturated heterocycles. The van der Waals surface area contributed by atoms with Gasteiger partial charge in [-0.1, -0.05) is 56.0 Å². The summed E-state index contributed by atoms with van der Waals surface area (Å²) < 4.78 is 0. The highest BCUT2D eigenvalue weighted by atomic mass is 16.1. The molecule has 1 fully saturated rings. The summed E-state index contributed by atoms with van der Waals surface area (Å²) in [6.45, 7) is 0. The molecule has 2 aromatic carbocycles.